The average molecular weight is 1250 g/mol. The van der Waals surface area contributed by atoms with Gasteiger partial charge in [-0.2, -0.15) is 0 Å². The van der Waals surface area contributed by atoms with Crippen LogP contribution in [0.2, 0.25) is 0 Å². The Morgan fingerprint density at radius 3 is 1.40 bits per heavy atom. The number of fused-ring (bicyclic) bond motifs is 24. The van der Waals surface area contributed by atoms with Crippen molar-refractivity contribution >= 4 is 193 Å². The molecule has 0 saturated heterocycles. The number of thiophene rings is 2. The molecule has 0 saturated carbocycles. The molecule has 0 unspecified atom stereocenters. The van der Waals surface area contributed by atoms with Gasteiger partial charge in [-0.05, 0) is 174 Å². The molecule has 0 fully saturated rings. The zero-order valence-electron chi connectivity index (χ0n) is 51.5. The molecule has 0 aliphatic heterocycles. The Morgan fingerprint density at radius 1 is 0.198 bits per heavy atom. The van der Waals surface area contributed by atoms with Crippen LogP contribution in [0.3, 0.4) is 0 Å². The van der Waals surface area contributed by atoms with Crippen LogP contribution in [0.1, 0.15) is 0 Å². The molecule has 0 atom stereocenters. The van der Waals surface area contributed by atoms with Gasteiger partial charge in [0.05, 0.1) is 0 Å². The smallest absolute Gasteiger partial charge is 0.143 e. The van der Waals surface area contributed by atoms with Crippen molar-refractivity contribution in [2.45, 2.75) is 0 Å². The van der Waals surface area contributed by atoms with Crippen molar-refractivity contribution in [3.63, 3.8) is 0 Å². The molecule has 4 heteroatoms. The van der Waals surface area contributed by atoms with E-state index in [0.717, 1.165) is 55.2 Å². The summed E-state index contributed by atoms with van der Waals surface area (Å²) in [5.41, 5.74) is 15.5. The van der Waals surface area contributed by atoms with E-state index in [2.05, 4.69) is 303 Å². The van der Waals surface area contributed by atoms with Gasteiger partial charge in [-0.3, -0.25) is 0 Å². The predicted octanol–water partition coefficient (Wildman–Crippen LogP) is 27.8. The highest BCUT2D eigenvalue weighted by molar-refractivity contribution is 7.27. The van der Waals surface area contributed by atoms with Crippen LogP contribution in [-0.4, -0.2) is 0 Å². The number of hydrogen-bond acceptors (Lipinski definition) is 4. The fourth-order valence-corrected chi connectivity index (χ4v) is 19.4. The van der Waals surface area contributed by atoms with E-state index in [-0.39, 0.29) is 0 Å². The summed E-state index contributed by atoms with van der Waals surface area (Å²) >= 11 is 3.76. The molecule has 2 nitrogen and oxygen atoms in total. The van der Waals surface area contributed by atoms with Gasteiger partial charge in [0.25, 0.3) is 0 Å². The van der Waals surface area contributed by atoms with Gasteiger partial charge in [0.15, 0.2) is 0 Å². The fourth-order valence-electron chi connectivity index (χ4n) is 17.0. The van der Waals surface area contributed by atoms with Gasteiger partial charge in [0, 0.05) is 78.2 Å². The molecule has 4 heterocycles. The first-order chi connectivity index (χ1) is 47.6. The lowest BCUT2D eigenvalue weighted by atomic mass is 9.84. The van der Waals surface area contributed by atoms with Crippen LogP contribution >= 0.6 is 22.7 Å². The third-order valence-electron chi connectivity index (χ3n) is 21.0. The minimum absolute atomic E-state index is 0.881. The predicted molar refractivity (Wildman–Crippen MR) is 414 cm³/mol. The molecule has 96 heavy (non-hydrogen) atoms. The van der Waals surface area contributed by atoms with Crippen molar-refractivity contribution < 1.29 is 8.83 Å². The van der Waals surface area contributed by atoms with E-state index in [0.29, 0.717) is 0 Å². The molecule has 0 spiro atoms. The van der Waals surface area contributed by atoms with E-state index in [4.69, 9.17) is 8.83 Å². The summed E-state index contributed by atoms with van der Waals surface area (Å²) in [6.07, 6.45) is 0. The highest BCUT2D eigenvalue weighted by Gasteiger charge is 2.26. The van der Waals surface area contributed by atoms with Crippen LogP contribution in [-0.2, 0) is 0 Å². The zero-order chi connectivity index (χ0) is 62.4. The normalized spacial score (nSPS) is 12.4. The quantitative estimate of drug-likeness (QED) is 0.161. The molecule has 18 aromatic carbocycles. The number of para-hydroxylation sites is 1. The Hall–Kier alpha value is -11.9. The number of rotatable bonds is 5. The van der Waals surface area contributed by atoms with Crippen LogP contribution in [0.4, 0.5) is 0 Å². The summed E-state index contributed by atoms with van der Waals surface area (Å²) in [4.78, 5) is 0. The summed E-state index contributed by atoms with van der Waals surface area (Å²) in [7, 11) is 0. The Labute approximate surface area is 556 Å². The molecule has 0 aliphatic carbocycles. The number of benzene rings is 18. The highest BCUT2D eigenvalue weighted by Crippen LogP contribution is 2.53. The average Bonchev–Trinajstić information content (AvgIpc) is 1.44. The summed E-state index contributed by atoms with van der Waals surface area (Å²) in [6.45, 7) is 0. The Kier molecular flexibility index (Phi) is 10.8. The van der Waals surface area contributed by atoms with Crippen molar-refractivity contribution in [3.8, 4) is 55.6 Å². The van der Waals surface area contributed by atoms with Crippen molar-refractivity contribution in [2.24, 2.45) is 0 Å². The second-order valence-corrected chi connectivity index (χ2v) is 28.0. The Balaban J connectivity index is 0.711. The third kappa shape index (κ3) is 7.29. The van der Waals surface area contributed by atoms with Gasteiger partial charge in [0.1, 0.15) is 22.3 Å². The van der Waals surface area contributed by atoms with Gasteiger partial charge >= 0.3 is 0 Å². The maximum Gasteiger partial charge on any atom is 0.143 e. The lowest BCUT2D eigenvalue weighted by molar-refractivity contribution is 0.669. The molecule has 442 valence electrons. The largest absolute Gasteiger partial charge is 0.456 e. The number of hydrogen-bond donors (Lipinski definition) is 0. The first kappa shape index (κ1) is 52.6. The van der Waals surface area contributed by atoms with Gasteiger partial charge in [-0.15, -0.1) is 22.7 Å². The minimum atomic E-state index is 0.881. The summed E-state index contributed by atoms with van der Waals surface area (Å²) in [5, 5.41) is 29.3. The first-order valence-electron chi connectivity index (χ1n) is 32.9. The maximum absolute atomic E-state index is 7.23. The van der Waals surface area contributed by atoms with E-state index >= 15 is 0 Å². The molecule has 22 rings (SSSR count). The topological polar surface area (TPSA) is 26.3 Å². The lowest BCUT2D eigenvalue weighted by Crippen LogP contribution is -1.92. The monoisotopic (exact) mass is 1250 g/mol. The van der Waals surface area contributed by atoms with Crippen molar-refractivity contribution in [1.29, 1.82) is 0 Å². The molecular weight excluding hydrogens is 1200 g/mol. The van der Waals surface area contributed by atoms with Gasteiger partial charge in [-0.25, -0.2) is 0 Å². The standard InChI is InChI=1S/C92H50O2S2/c1-2-20-56-51(18-1)19-15-34-61(56)86-67-26-7-5-24-65(67)83(66-25-6-8-27-68(66)86)55-40-45-74-81(50-55)95-80-47-42-53-48-75(91-90(84(53)89(74)80)72-30-11-13-36-76(72)94-91)59-33-16-32-58-57(59)31-17-35-62(58)87-69-28-9-3-22-63(69)82(64-23-4-10-29-70(64)87)54-39-44-73-78(49-54)93-77-46-41-52-38-43-71-60-21-12-14-37-79(60)96-92(71)85(52)88(73)77/h1-50H. The Bertz CT molecular complexity index is 7090. The van der Waals surface area contributed by atoms with E-state index in [1.54, 1.807) is 0 Å². The van der Waals surface area contributed by atoms with E-state index in [1.807, 2.05) is 22.7 Å². The molecule has 0 bridgehead atoms. The molecule has 0 N–H and O–H groups in total. The fraction of sp³-hybridized carbons (Fsp3) is 0. The molecule has 0 aliphatic rings. The van der Waals surface area contributed by atoms with Gasteiger partial charge in [-0.1, -0.05) is 255 Å². The summed E-state index contributed by atoms with van der Waals surface area (Å²) < 4.78 is 19.3. The maximum atomic E-state index is 7.23. The summed E-state index contributed by atoms with van der Waals surface area (Å²) in [5.74, 6) is 0. The minimum Gasteiger partial charge on any atom is -0.456 e. The van der Waals surface area contributed by atoms with Crippen LogP contribution in [0.25, 0.3) is 226 Å². The third-order valence-corrected chi connectivity index (χ3v) is 23.3. The van der Waals surface area contributed by atoms with Crippen LogP contribution < -0.4 is 0 Å². The van der Waals surface area contributed by atoms with Crippen molar-refractivity contribution in [1.82, 2.24) is 0 Å². The lowest BCUT2D eigenvalue weighted by Gasteiger charge is -2.19. The molecule has 4 aromatic heterocycles. The second kappa shape index (κ2) is 19.8. The van der Waals surface area contributed by atoms with Crippen LogP contribution in [0.15, 0.2) is 312 Å². The Morgan fingerprint density at radius 2 is 0.698 bits per heavy atom. The molecule has 0 radical (unpaired) electrons. The van der Waals surface area contributed by atoms with E-state index in [1.165, 1.54) is 171 Å². The first-order valence-corrected chi connectivity index (χ1v) is 34.6. The zero-order valence-corrected chi connectivity index (χ0v) is 53.1. The second-order valence-electron chi connectivity index (χ2n) is 25.9. The molecule has 22 aromatic rings. The number of furan rings is 2. The van der Waals surface area contributed by atoms with Gasteiger partial charge < -0.3 is 8.83 Å². The molecular formula is C92H50O2S2. The van der Waals surface area contributed by atoms with Crippen molar-refractivity contribution in [3.05, 3.63) is 303 Å². The SMILES string of the molecule is c1ccc2c(-c3c4ccccc4c(-c4ccc5c(c4)sc4ccc6cc(-c7cccc8c(-c9c%10ccccc%10c(-c%10ccc%11c(c%10)oc%10ccc%12ccc%13c%14ccccc%14sc%13c%12c%10%11)c%10ccccc9%10)cccc78)c7oc8ccccc8c7c6c45)c4ccccc34)cccc2c1. The van der Waals surface area contributed by atoms with Gasteiger partial charge in [0.2, 0.25) is 0 Å². The van der Waals surface area contributed by atoms with Crippen LogP contribution in [0, 0.1) is 0 Å². The van der Waals surface area contributed by atoms with E-state index in [9.17, 15) is 0 Å². The van der Waals surface area contributed by atoms with Crippen LogP contribution in [0.5, 0.6) is 0 Å². The van der Waals surface area contributed by atoms with E-state index < -0.39 is 0 Å². The van der Waals surface area contributed by atoms with Crippen molar-refractivity contribution in [2.75, 3.05) is 0 Å². The highest BCUT2D eigenvalue weighted by atomic mass is 32.1. The summed E-state index contributed by atoms with van der Waals surface area (Å²) in [6, 6.07) is 113. The molecule has 0 amide bonds.